The Balaban J connectivity index is 2.47. The molecule has 72 valence electrons. The molecule has 0 N–H and O–H groups in total. The van der Waals surface area contributed by atoms with Crippen molar-refractivity contribution in [1.82, 2.24) is 4.90 Å². The third-order valence-corrected chi connectivity index (χ3v) is 3.38. The predicted octanol–water partition coefficient (Wildman–Crippen LogP) is 2.76. The standard InChI is InChI=1S/C11H23N/c1-5-10-7-12(9(3)4)8-11(10)6-2/h9-11H,5-8H2,1-4H3. The Kier molecular flexibility index (Phi) is 3.57. The summed E-state index contributed by atoms with van der Waals surface area (Å²) in [5.41, 5.74) is 0. The second kappa shape index (κ2) is 4.27. The van der Waals surface area contributed by atoms with Crippen LogP contribution in [0.15, 0.2) is 0 Å². The van der Waals surface area contributed by atoms with Gasteiger partial charge in [0.1, 0.15) is 0 Å². The van der Waals surface area contributed by atoms with E-state index in [4.69, 9.17) is 0 Å². The van der Waals surface area contributed by atoms with Crippen molar-refractivity contribution in [2.45, 2.75) is 46.6 Å². The van der Waals surface area contributed by atoms with Gasteiger partial charge in [-0.05, 0) is 25.7 Å². The summed E-state index contributed by atoms with van der Waals surface area (Å²) in [5.74, 6) is 1.94. The first-order chi connectivity index (χ1) is 5.69. The molecule has 1 aliphatic heterocycles. The van der Waals surface area contributed by atoms with Crippen LogP contribution in [0.1, 0.15) is 40.5 Å². The van der Waals surface area contributed by atoms with E-state index in [1.165, 1.54) is 25.9 Å². The van der Waals surface area contributed by atoms with Gasteiger partial charge in [0, 0.05) is 19.1 Å². The van der Waals surface area contributed by atoms with E-state index in [2.05, 4.69) is 32.6 Å². The zero-order valence-corrected chi connectivity index (χ0v) is 9.01. The molecule has 0 aromatic rings. The lowest BCUT2D eigenvalue weighted by molar-refractivity contribution is 0.260. The Bertz CT molecular complexity index is 119. The molecule has 1 aliphatic rings. The molecule has 1 heterocycles. The lowest BCUT2D eigenvalue weighted by atomic mass is 9.92. The van der Waals surface area contributed by atoms with E-state index in [0.29, 0.717) is 0 Å². The summed E-state index contributed by atoms with van der Waals surface area (Å²) in [4.78, 5) is 2.63. The average molecular weight is 169 g/mol. The van der Waals surface area contributed by atoms with Crippen molar-refractivity contribution in [2.75, 3.05) is 13.1 Å². The fourth-order valence-electron chi connectivity index (χ4n) is 2.32. The van der Waals surface area contributed by atoms with Gasteiger partial charge in [0.05, 0.1) is 0 Å². The molecule has 2 unspecified atom stereocenters. The van der Waals surface area contributed by atoms with E-state index in [-0.39, 0.29) is 0 Å². The summed E-state index contributed by atoms with van der Waals surface area (Å²) in [5, 5.41) is 0. The van der Waals surface area contributed by atoms with Crippen LogP contribution >= 0.6 is 0 Å². The van der Waals surface area contributed by atoms with Crippen molar-refractivity contribution in [2.24, 2.45) is 11.8 Å². The van der Waals surface area contributed by atoms with Gasteiger partial charge < -0.3 is 4.90 Å². The monoisotopic (exact) mass is 169 g/mol. The summed E-state index contributed by atoms with van der Waals surface area (Å²) < 4.78 is 0. The van der Waals surface area contributed by atoms with E-state index in [1.54, 1.807) is 0 Å². The Hall–Kier alpha value is -0.0400. The quantitative estimate of drug-likeness (QED) is 0.628. The molecule has 0 amide bonds. The molecular weight excluding hydrogens is 146 g/mol. The summed E-state index contributed by atoms with van der Waals surface area (Å²) in [6.07, 6.45) is 2.73. The molecule has 0 saturated carbocycles. The van der Waals surface area contributed by atoms with Gasteiger partial charge in [-0.3, -0.25) is 0 Å². The van der Waals surface area contributed by atoms with E-state index < -0.39 is 0 Å². The van der Waals surface area contributed by atoms with Crippen molar-refractivity contribution in [1.29, 1.82) is 0 Å². The number of hydrogen-bond acceptors (Lipinski definition) is 1. The van der Waals surface area contributed by atoms with Gasteiger partial charge in [0.15, 0.2) is 0 Å². The molecule has 0 spiro atoms. The first-order valence-corrected chi connectivity index (χ1v) is 5.43. The van der Waals surface area contributed by atoms with E-state index in [1.807, 2.05) is 0 Å². The molecular formula is C11H23N. The van der Waals surface area contributed by atoms with Gasteiger partial charge in [-0.2, -0.15) is 0 Å². The van der Waals surface area contributed by atoms with Crippen LogP contribution in [0.3, 0.4) is 0 Å². The maximum atomic E-state index is 2.63. The molecule has 0 aromatic carbocycles. The molecule has 2 atom stereocenters. The van der Waals surface area contributed by atoms with Gasteiger partial charge in [0.2, 0.25) is 0 Å². The third kappa shape index (κ3) is 2.01. The smallest absolute Gasteiger partial charge is 0.00388 e. The van der Waals surface area contributed by atoms with Gasteiger partial charge in [-0.1, -0.05) is 26.7 Å². The van der Waals surface area contributed by atoms with Crippen LogP contribution in [0.25, 0.3) is 0 Å². The van der Waals surface area contributed by atoms with Crippen molar-refractivity contribution < 1.29 is 0 Å². The molecule has 0 radical (unpaired) electrons. The minimum absolute atomic E-state index is 0.746. The SMILES string of the molecule is CCC1CN(C(C)C)CC1CC. The van der Waals surface area contributed by atoms with Crippen molar-refractivity contribution in [3.05, 3.63) is 0 Å². The first kappa shape index (κ1) is 10.0. The topological polar surface area (TPSA) is 3.24 Å². The Morgan fingerprint density at radius 3 is 1.75 bits per heavy atom. The summed E-state index contributed by atoms with van der Waals surface area (Å²) >= 11 is 0. The summed E-state index contributed by atoms with van der Waals surface area (Å²) in [6.45, 7) is 12.0. The Morgan fingerprint density at radius 1 is 1.08 bits per heavy atom. The molecule has 0 bridgehead atoms. The van der Waals surface area contributed by atoms with Crippen molar-refractivity contribution in [3.63, 3.8) is 0 Å². The van der Waals surface area contributed by atoms with E-state index in [9.17, 15) is 0 Å². The van der Waals surface area contributed by atoms with Crippen LogP contribution in [0, 0.1) is 11.8 Å². The van der Waals surface area contributed by atoms with Crippen LogP contribution in [0.5, 0.6) is 0 Å². The molecule has 1 heteroatoms. The molecule has 0 aliphatic carbocycles. The second-order valence-electron chi connectivity index (χ2n) is 4.38. The lowest BCUT2D eigenvalue weighted by Crippen LogP contribution is -2.28. The molecule has 1 rings (SSSR count). The predicted molar refractivity (Wildman–Crippen MR) is 54.3 cm³/mol. The number of rotatable bonds is 3. The maximum Gasteiger partial charge on any atom is 0.00388 e. The molecule has 0 aromatic heterocycles. The van der Waals surface area contributed by atoms with Gasteiger partial charge in [0.25, 0.3) is 0 Å². The largest absolute Gasteiger partial charge is 0.300 e. The van der Waals surface area contributed by atoms with Crippen molar-refractivity contribution >= 4 is 0 Å². The number of hydrogen-bond donors (Lipinski definition) is 0. The highest BCUT2D eigenvalue weighted by Gasteiger charge is 2.30. The van der Waals surface area contributed by atoms with E-state index in [0.717, 1.165) is 17.9 Å². The molecule has 1 saturated heterocycles. The lowest BCUT2D eigenvalue weighted by Gasteiger charge is -2.19. The van der Waals surface area contributed by atoms with Crippen LogP contribution in [-0.2, 0) is 0 Å². The van der Waals surface area contributed by atoms with Gasteiger partial charge in [-0.25, -0.2) is 0 Å². The zero-order valence-electron chi connectivity index (χ0n) is 9.01. The minimum Gasteiger partial charge on any atom is -0.300 e. The summed E-state index contributed by atoms with van der Waals surface area (Å²) in [7, 11) is 0. The fraction of sp³-hybridized carbons (Fsp3) is 1.00. The maximum absolute atomic E-state index is 2.63. The number of nitrogens with zero attached hydrogens (tertiary/aromatic N) is 1. The molecule has 1 nitrogen and oxygen atoms in total. The van der Waals surface area contributed by atoms with Crippen LogP contribution in [0.4, 0.5) is 0 Å². The average Bonchev–Trinajstić information content (AvgIpc) is 2.46. The zero-order chi connectivity index (χ0) is 9.14. The van der Waals surface area contributed by atoms with Crippen LogP contribution in [-0.4, -0.2) is 24.0 Å². The second-order valence-corrected chi connectivity index (χ2v) is 4.38. The first-order valence-electron chi connectivity index (χ1n) is 5.43. The van der Waals surface area contributed by atoms with Crippen LogP contribution < -0.4 is 0 Å². The molecule has 12 heavy (non-hydrogen) atoms. The normalized spacial score (nSPS) is 31.8. The minimum atomic E-state index is 0.746. The fourth-order valence-corrected chi connectivity index (χ4v) is 2.32. The highest BCUT2D eigenvalue weighted by Crippen LogP contribution is 2.29. The highest BCUT2D eigenvalue weighted by atomic mass is 15.2. The van der Waals surface area contributed by atoms with Crippen molar-refractivity contribution in [3.8, 4) is 0 Å². The van der Waals surface area contributed by atoms with Gasteiger partial charge >= 0.3 is 0 Å². The Labute approximate surface area is 77.1 Å². The number of likely N-dealkylation sites (tertiary alicyclic amines) is 1. The van der Waals surface area contributed by atoms with Gasteiger partial charge in [-0.15, -0.1) is 0 Å². The van der Waals surface area contributed by atoms with E-state index >= 15 is 0 Å². The third-order valence-electron chi connectivity index (χ3n) is 3.38. The molecule has 1 fully saturated rings. The van der Waals surface area contributed by atoms with Crippen LogP contribution in [0.2, 0.25) is 0 Å². The highest BCUT2D eigenvalue weighted by molar-refractivity contribution is 4.83. The Morgan fingerprint density at radius 2 is 1.50 bits per heavy atom. The summed E-state index contributed by atoms with van der Waals surface area (Å²) in [6, 6.07) is 0.746.